The van der Waals surface area contributed by atoms with Crippen molar-refractivity contribution in [1.29, 1.82) is 0 Å². The summed E-state index contributed by atoms with van der Waals surface area (Å²) in [7, 11) is 0. The largest absolute Gasteiger partial charge is 0.352 e. The van der Waals surface area contributed by atoms with Gasteiger partial charge in [-0.1, -0.05) is 12.1 Å². The average Bonchev–Trinajstić information content (AvgIpc) is 3.11. The van der Waals surface area contributed by atoms with Crippen LogP contribution in [0.3, 0.4) is 0 Å². The minimum atomic E-state index is -0.121. The topological polar surface area (TPSA) is 85.8 Å². The van der Waals surface area contributed by atoms with E-state index in [1.54, 1.807) is 29.3 Å². The van der Waals surface area contributed by atoms with E-state index < -0.39 is 0 Å². The Morgan fingerprint density at radius 2 is 1.92 bits per heavy atom. The number of nitrogens with zero attached hydrogens (tertiary/aromatic N) is 3. The molecule has 24 heavy (non-hydrogen) atoms. The first-order valence-corrected chi connectivity index (χ1v) is 7.78. The Kier molecular flexibility index (Phi) is 4.98. The van der Waals surface area contributed by atoms with Gasteiger partial charge in [-0.3, -0.25) is 9.78 Å². The minimum absolute atomic E-state index is 0.121. The Bertz CT molecular complexity index is 813. The molecular weight excluding hydrogens is 302 g/mol. The van der Waals surface area contributed by atoms with Gasteiger partial charge in [0.2, 0.25) is 0 Å². The monoisotopic (exact) mass is 321 g/mol. The molecule has 6 heteroatoms. The molecule has 3 aromatic rings. The highest BCUT2D eigenvalue weighted by atomic mass is 16.1. The molecule has 0 saturated carbocycles. The molecule has 2 aromatic heterocycles. The standard InChI is InChI=1S/C18H19N5O/c19-11-15-12-22-23(13-15)17-4-2-1-3-16(17)18(24)21-10-7-14-5-8-20-9-6-14/h1-6,8-9,12-13H,7,10-11,19H2,(H,21,24). The Morgan fingerprint density at radius 3 is 2.67 bits per heavy atom. The number of pyridine rings is 1. The van der Waals surface area contributed by atoms with E-state index in [9.17, 15) is 4.79 Å². The van der Waals surface area contributed by atoms with Crippen LogP contribution in [0.25, 0.3) is 5.69 Å². The molecule has 122 valence electrons. The number of amides is 1. The van der Waals surface area contributed by atoms with E-state index >= 15 is 0 Å². The number of rotatable bonds is 6. The van der Waals surface area contributed by atoms with Crippen LogP contribution in [0, 0.1) is 0 Å². The van der Waals surface area contributed by atoms with E-state index in [0.717, 1.165) is 23.2 Å². The molecular formula is C18H19N5O. The molecule has 1 aromatic carbocycles. The highest BCUT2D eigenvalue weighted by molar-refractivity contribution is 5.97. The van der Waals surface area contributed by atoms with Gasteiger partial charge in [0.15, 0.2) is 0 Å². The third kappa shape index (κ3) is 3.67. The van der Waals surface area contributed by atoms with E-state index in [2.05, 4.69) is 15.4 Å². The maximum absolute atomic E-state index is 12.5. The van der Waals surface area contributed by atoms with Gasteiger partial charge >= 0.3 is 0 Å². The van der Waals surface area contributed by atoms with Crippen LogP contribution in [0.4, 0.5) is 0 Å². The van der Waals surface area contributed by atoms with Crippen LogP contribution >= 0.6 is 0 Å². The van der Waals surface area contributed by atoms with Crippen molar-refractivity contribution >= 4 is 5.91 Å². The molecule has 0 radical (unpaired) electrons. The predicted molar refractivity (Wildman–Crippen MR) is 91.7 cm³/mol. The first kappa shape index (κ1) is 15.9. The van der Waals surface area contributed by atoms with Crippen molar-refractivity contribution in [2.24, 2.45) is 5.73 Å². The SMILES string of the molecule is NCc1cnn(-c2ccccc2C(=O)NCCc2ccncc2)c1. The highest BCUT2D eigenvalue weighted by Crippen LogP contribution is 2.14. The van der Waals surface area contributed by atoms with Crippen LogP contribution in [-0.4, -0.2) is 27.2 Å². The van der Waals surface area contributed by atoms with Gasteiger partial charge in [0, 0.05) is 37.2 Å². The highest BCUT2D eigenvalue weighted by Gasteiger charge is 2.12. The van der Waals surface area contributed by atoms with Gasteiger partial charge in [-0.2, -0.15) is 5.10 Å². The molecule has 0 spiro atoms. The summed E-state index contributed by atoms with van der Waals surface area (Å²) in [5.74, 6) is -0.121. The number of carbonyl (C=O) groups is 1. The van der Waals surface area contributed by atoms with Crippen LogP contribution in [-0.2, 0) is 13.0 Å². The summed E-state index contributed by atoms with van der Waals surface area (Å²) >= 11 is 0. The molecule has 0 bridgehead atoms. The Morgan fingerprint density at radius 1 is 1.12 bits per heavy atom. The lowest BCUT2D eigenvalue weighted by molar-refractivity contribution is 0.0954. The van der Waals surface area contributed by atoms with Crippen LogP contribution in [0.5, 0.6) is 0 Å². The molecule has 0 aliphatic carbocycles. The third-order valence-electron chi connectivity index (χ3n) is 3.72. The number of para-hydroxylation sites is 1. The zero-order valence-corrected chi connectivity index (χ0v) is 13.2. The molecule has 2 heterocycles. The maximum Gasteiger partial charge on any atom is 0.253 e. The third-order valence-corrected chi connectivity index (χ3v) is 3.72. The molecule has 3 rings (SSSR count). The van der Waals surface area contributed by atoms with E-state index in [-0.39, 0.29) is 5.91 Å². The Labute approximate surface area is 140 Å². The molecule has 1 amide bonds. The smallest absolute Gasteiger partial charge is 0.253 e. The first-order valence-electron chi connectivity index (χ1n) is 7.78. The van der Waals surface area contributed by atoms with E-state index in [1.807, 2.05) is 36.5 Å². The first-order chi connectivity index (χ1) is 11.8. The number of carbonyl (C=O) groups excluding carboxylic acids is 1. The molecule has 0 fully saturated rings. The van der Waals surface area contributed by atoms with Gasteiger partial charge in [-0.05, 0) is 36.2 Å². The molecule has 0 atom stereocenters. The van der Waals surface area contributed by atoms with Crippen LogP contribution in [0.2, 0.25) is 0 Å². The second-order valence-corrected chi connectivity index (χ2v) is 5.38. The molecule has 0 aliphatic rings. The maximum atomic E-state index is 12.5. The van der Waals surface area contributed by atoms with Gasteiger partial charge in [0.05, 0.1) is 17.4 Å². The van der Waals surface area contributed by atoms with Gasteiger partial charge in [0.1, 0.15) is 0 Å². The van der Waals surface area contributed by atoms with Crippen molar-refractivity contribution in [1.82, 2.24) is 20.1 Å². The number of hydrogen-bond donors (Lipinski definition) is 2. The van der Waals surface area contributed by atoms with Crippen molar-refractivity contribution in [3.63, 3.8) is 0 Å². The zero-order valence-electron chi connectivity index (χ0n) is 13.2. The van der Waals surface area contributed by atoms with Crippen LogP contribution in [0.1, 0.15) is 21.5 Å². The van der Waals surface area contributed by atoms with E-state index in [0.29, 0.717) is 18.7 Å². The number of benzene rings is 1. The molecule has 3 N–H and O–H groups in total. The summed E-state index contributed by atoms with van der Waals surface area (Å²) in [5, 5.41) is 7.23. The minimum Gasteiger partial charge on any atom is -0.352 e. The second kappa shape index (κ2) is 7.52. The number of hydrogen-bond acceptors (Lipinski definition) is 4. The lowest BCUT2D eigenvalue weighted by atomic mass is 10.1. The predicted octanol–water partition coefficient (Wildman–Crippen LogP) is 1.70. The quantitative estimate of drug-likeness (QED) is 0.723. The summed E-state index contributed by atoms with van der Waals surface area (Å²) < 4.78 is 1.68. The number of nitrogens with two attached hydrogens (primary N) is 1. The average molecular weight is 321 g/mol. The van der Waals surface area contributed by atoms with Crippen molar-refractivity contribution in [3.05, 3.63) is 77.9 Å². The normalized spacial score (nSPS) is 10.5. The van der Waals surface area contributed by atoms with Gasteiger partial charge < -0.3 is 11.1 Å². The fourth-order valence-corrected chi connectivity index (χ4v) is 2.43. The Hall–Kier alpha value is -2.99. The summed E-state index contributed by atoms with van der Waals surface area (Å²) in [6.07, 6.45) is 7.80. The van der Waals surface area contributed by atoms with Crippen LogP contribution < -0.4 is 11.1 Å². The lowest BCUT2D eigenvalue weighted by Gasteiger charge is -2.10. The lowest BCUT2D eigenvalue weighted by Crippen LogP contribution is -2.26. The van der Waals surface area contributed by atoms with E-state index in [4.69, 9.17) is 5.73 Å². The van der Waals surface area contributed by atoms with Gasteiger partial charge in [-0.25, -0.2) is 4.68 Å². The second-order valence-electron chi connectivity index (χ2n) is 5.38. The van der Waals surface area contributed by atoms with Gasteiger partial charge in [-0.15, -0.1) is 0 Å². The van der Waals surface area contributed by atoms with E-state index in [1.165, 1.54) is 0 Å². The van der Waals surface area contributed by atoms with Crippen molar-refractivity contribution in [3.8, 4) is 5.69 Å². The molecule has 0 saturated heterocycles. The molecule has 6 nitrogen and oxygen atoms in total. The van der Waals surface area contributed by atoms with Gasteiger partial charge in [0.25, 0.3) is 5.91 Å². The van der Waals surface area contributed by atoms with Crippen molar-refractivity contribution in [2.45, 2.75) is 13.0 Å². The number of aromatic nitrogens is 3. The zero-order chi connectivity index (χ0) is 16.8. The molecule has 0 aliphatic heterocycles. The fraction of sp³-hybridized carbons (Fsp3) is 0.167. The Balaban J connectivity index is 1.71. The molecule has 0 unspecified atom stereocenters. The van der Waals surface area contributed by atoms with Crippen molar-refractivity contribution < 1.29 is 4.79 Å². The van der Waals surface area contributed by atoms with Crippen molar-refractivity contribution in [2.75, 3.05) is 6.54 Å². The van der Waals surface area contributed by atoms with Crippen LogP contribution in [0.15, 0.2) is 61.2 Å². The number of nitrogens with one attached hydrogen (secondary N) is 1. The summed E-state index contributed by atoms with van der Waals surface area (Å²) in [6, 6.07) is 11.3. The summed E-state index contributed by atoms with van der Waals surface area (Å²) in [6.45, 7) is 0.977. The fourth-order valence-electron chi connectivity index (χ4n) is 2.43. The summed E-state index contributed by atoms with van der Waals surface area (Å²) in [5.41, 5.74) is 9.00. The summed E-state index contributed by atoms with van der Waals surface area (Å²) in [4.78, 5) is 16.5.